The van der Waals surface area contributed by atoms with Gasteiger partial charge in [-0.3, -0.25) is 4.79 Å². The van der Waals surface area contributed by atoms with Crippen molar-refractivity contribution in [3.8, 4) is 0 Å². The fourth-order valence-electron chi connectivity index (χ4n) is 1.16. The summed E-state index contributed by atoms with van der Waals surface area (Å²) in [6, 6.07) is 0.281. The van der Waals surface area contributed by atoms with Crippen LogP contribution >= 0.6 is 12.2 Å². The van der Waals surface area contributed by atoms with Gasteiger partial charge >= 0.3 is 0 Å². The molecule has 3 N–H and O–H groups in total. The van der Waals surface area contributed by atoms with E-state index in [1.807, 2.05) is 0 Å². The van der Waals surface area contributed by atoms with Crippen molar-refractivity contribution in [2.45, 2.75) is 40.2 Å². The van der Waals surface area contributed by atoms with E-state index < -0.39 is 5.41 Å². The lowest BCUT2D eigenvalue weighted by molar-refractivity contribution is -0.126. The Hall–Kier alpha value is -0.640. The van der Waals surface area contributed by atoms with Gasteiger partial charge in [0.1, 0.15) is 0 Å². The largest absolute Gasteiger partial charge is 0.392 e. The number of carbonyl (C=O) groups excluding carboxylic acids is 1. The zero-order valence-electron chi connectivity index (χ0n) is 9.18. The molecule has 0 aromatic heterocycles. The highest BCUT2D eigenvalue weighted by molar-refractivity contribution is 7.80. The van der Waals surface area contributed by atoms with E-state index in [4.69, 9.17) is 18.0 Å². The minimum atomic E-state index is -0.742. The van der Waals surface area contributed by atoms with Crippen LogP contribution in [0.1, 0.15) is 34.1 Å². The predicted octanol–water partition coefficient (Wildman–Crippen LogP) is 1.21. The summed E-state index contributed by atoms with van der Waals surface area (Å²) in [5.41, 5.74) is 5.00. The highest BCUT2D eigenvalue weighted by Crippen LogP contribution is 2.44. The van der Waals surface area contributed by atoms with Gasteiger partial charge in [-0.05, 0) is 25.7 Å². The Morgan fingerprint density at radius 1 is 1.57 bits per heavy atom. The van der Waals surface area contributed by atoms with Crippen molar-refractivity contribution < 1.29 is 4.79 Å². The Morgan fingerprint density at radius 3 is 2.29 bits per heavy atom. The van der Waals surface area contributed by atoms with E-state index in [2.05, 4.69) is 19.2 Å². The van der Waals surface area contributed by atoms with Crippen molar-refractivity contribution in [1.29, 1.82) is 0 Å². The number of carbonyl (C=O) groups is 1. The molecule has 1 amide bonds. The van der Waals surface area contributed by atoms with Gasteiger partial charge in [0.05, 0.1) is 10.4 Å². The second-order valence-corrected chi connectivity index (χ2v) is 5.65. The summed E-state index contributed by atoms with van der Waals surface area (Å²) >= 11 is 4.86. The summed E-state index contributed by atoms with van der Waals surface area (Å²) in [5.74, 6) is -0.0689. The number of thiocarbonyl (C=S) groups is 1. The lowest BCUT2D eigenvalue weighted by Crippen LogP contribution is -2.46. The monoisotopic (exact) mass is 214 g/mol. The molecule has 14 heavy (non-hydrogen) atoms. The van der Waals surface area contributed by atoms with Crippen LogP contribution < -0.4 is 11.1 Å². The van der Waals surface area contributed by atoms with Gasteiger partial charge in [-0.15, -0.1) is 0 Å². The third-order valence-electron chi connectivity index (χ3n) is 3.00. The Morgan fingerprint density at radius 2 is 2.00 bits per heavy atom. The second kappa shape index (κ2) is 3.19. The molecule has 1 saturated carbocycles. The van der Waals surface area contributed by atoms with Gasteiger partial charge in [-0.25, -0.2) is 0 Å². The molecule has 1 unspecified atom stereocenters. The topological polar surface area (TPSA) is 55.1 Å². The van der Waals surface area contributed by atoms with E-state index in [0.29, 0.717) is 0 Å². The van der Waals surface area contributed by atoms with Gasteiger partial charge in [-0.2, -0.15) is 0 Å². The molecule has 0 spiro atoms. The van der Waals surface area contributed by atoms with E-state index in [0.717, 1.165) is 6.42 Å². The van der Waals surface area contributed by atoms with Crippen molar-refractivity contribution in [3.05, 3.63) is 0 Å². The number of rotatable bonds is 3. The Kier molecular flexibility index (Phi) is 2.61. The van der Waals surface area contributed by atoms with Crippen LogP contribution in [0.5, 0.6) is 0 Å². The van der Waals surface area contributed by atoms with Crippen molar-refractivity contribution in [2.24, 2.45) is 16.6 Å². The zero-order valence-corrected chi connectivity index (χ0v) is 9.99. The molecule has 0 radical (unpaired) electrons. The minimum absolute atomic E-state index is 0.0689. The molecule has 0 aliphatic heterocycles. The molecular formula is C10H18N2OS. The predicted molar refractivity (Wildman–Crippen MR) is 60.9 cm³/mol. The van der Waals surface area contributed by atoms with Crippen molar-refractivity contribution in [2.75, 3.05) is 0 Å². The van der Waals surface area contributed by atoms with Crippen LogP contribution in [0, 0.1) is 10.8 Å². The molecule has 1 rings (SSSR count). The third kappa shape index (κ3) is 2.05. The maximum absolute atomic E-state index is 11.8. The van der Waals surface area contributed by atoms with Gasteiger partial charge < -0.3 is 11.1 Å². The average molecular weight is 214 g/mol. The fraction of sp³-hybridized carbons (Fsp3) is 0.800. The highest BCUT2D eigenvalue weighted by atomic mass is 32.1. The molecule has 1 aliphatic carbocycles. The van der Waals surface area contributed by atoms with E-state index >= 15 is 0 Å². The normalized spacial score (nSPS) is 24.1. The number of hydrogen-bond donors (Lipinski definition) is 2. The zero-order chi connectivity index (χ0) is 11.1. The quantitative estimate of drug-likeness (QED) is 0.694. The SMILES string of the molecule is CC(C)(C(=O)NC1CC1(C)C)C(N)=S. The molecule has 0 aromatic rings. The second-order valence-electron chi connectivity index (χ2n) is 5.21. The van der Waals surface area contributed by atoms with E-state index in [1.165, 1.54) is 0 Å². The standard InChI is InChI=1S/C10H18N2OS/c1-9(2)5-6(9)12-8(13)10(3,4)7(11)14/h6H,5H2,1-4H3,(H2,11,14)(H,12,13). The van der Waals surface area contributed by atoms with Crippen LogP contribution in [0.15, 0.2) is 0 Å². The number of hydrogen-bond acceptors (Lipinski definition) is 2. The summed E-state index contributed by atoms with van der Waals surface area (Å²) in [6.07, 6.45) is 1.03. The number of nitrogens with two attached hydrogens (primary N) is 1. The molecule has 4 heteroatoms. The number of amides is 1. The summed E-state index contributed by atoms with van der Waals surface area (Å²) in [6.45, 7) is 7.76. The first-order valence-corrected chi connectivity index (χ1v) is 5.19. The maximum atomic E-state index is 11.8. The molecule has 0 aromatic carbocycles. The van der Waals surface area contributed by atoms with Gasteiger partial charge in [-0.1, -0.05) is 26.1 Å². The summed E-state index contributed by atoms with van der Waals surface area (Å²) in [7, 11) is 0. The highest BCUT2D eigenvalue weighted by Gasteiger charge is 2.48. The van der Waals surface area contributed by atoms with E-state index in [9.17, 15) is 4.79 Å². The molecule has 0 heterocycles. The molecule has 3 nitrogen and oxygen atoms in total. The van der Waals surface area contributed by atoms with Crippen LogP contribution in [-0.2, 0) is 4.79 Å². The number of nitrogens with one attached hydrogen (secondary N) is 1. The molecule has 1 atom stereocenters. The first-order valence-electron chi connectivity index (χ1n) is 4.79. The Balaban J connectivity index is 2.56. The summed E-state index contributed by atoms with van der Waals surface area (Å²) < 4.78 is 0. The average Bonchev–Trinajstić information content (AvgIpc) is 2.58. The minimum Gasteiger partial charge on any atom is -0.392 e. The fourth-order valence-corrected chi connectivity index (χ4v) is 1.26. The van der Waals surface area contributed by atoms with Crippen LogP contribution in [-0.4, -0.2) is 16.9 Å². The van der Waals surface area contributed by atoms with Crippen molar-refractivity contribution in [3.63, 3.8) is 0 Å². The Bertz CT molecular complexity index is 284. The van der Waals surface area contributed by atoms with Gasteiger partial charge in [0, 0.05) is 6.04 Å². The van der Waals surface area contributed by atoms with Gasteiger partial charge in [0.25, 0.3) is 0 Å². The summed E-state index contributed by atoms with van der Waals surface area (Å²) in [4.78, 5) is 12.0. The molecular weight excluding hydrogens is 196 g/mol. The van der Waals surface area contributed by atoms with Gasteiger partial charge in [0.2, 0.25) is 5.91 Å². The first kappa shape index (κ1) is 11.4. The smallest absolute Gasteiger partial charge is 0.232 e. The molecule has 1 fully saturated rings. The third-order valence-corrected chi connectivity index (χ3v) is 3.51. The van der Waals surface area contributed by atoms with Crippen LogP contribution in [0.25, 0.3) is 0 Å². The molecule has 0 saturated heterocycles. The molecule has 80 valence electrons. The summed E-state index contributed by atoms with van der Waals surface area (Å²) in [5, 5.41) is 2.96. The maximum Gasteiger partial charge on any atom is 0.232 e. The van der Waals surface area contributed by atoms with Crippen LogP contribution in [0.4, 0.5) is 0 Å². The van der Waals surface area contributed by atoms with Gasteiger partial charge in [0.15, 0.2) is 0 Å². The van der Waals surface area contributed by atoms with Crippen LogP contribution in [0.2, 0.25) is 0 Å². The van der Waals surface area contributed by atoms with Crippen molar-refractivity contribution >= 4 is 23.1 Å². The molecule has 1 aliphatic rings. The van der Waals surface area contributed by atoms with Crippen molar-refractivity contribution in [1.82, 2.24) is 5.32 Å². The van der Waals surface area contributed by atoms with E-state index in [1.54, 1.807) is 13.8 Å². The van der Waals surface area contributed by atoms with E-state index in [-0.39, 0.29) is 22.4 Å². The van der Waals surface area contributed by atoms with Crippen LogP contribution in [0.3, 0.4) is 0 Å². The first-order chi connectivity index (χ1) is 6.18. The lowest BCUT2D eigenvalue weighted by Gasteiger charge is -2.22. The molecule has 0 bridgehead atoms. The Labute approximate surface area is 90.4 Å². The lowest BCUT2D eigenvalue weighted by atomic mass is 9.92.